The van der Waals surface area contributed by atoms with Crippen LogP contribution in [0.1, 0.15) is 38.0 Å². The summed E-state index contributed by atoms with van der Waals surface area (Å²) in [5, 5.41) is 7.96. The number of carbonyl (C=O) groups is 1. The van der Waals surface area contributed by atoms with Crippen LogP contribution >= 0.6 is 11.8 Å². The number of carbonyl (C=O) groups excluding carboxylic acids is 1. The Morgan fingerprint density at radius 3 is 2.68 bits per heavy atom. The zero-order chi connectivity index (χ0) is 15.9. The summed E-state index contributed by atoms with van der Waals surface area (Å²) in [6, 6.07) is -0.231. The SMILES string of the molecule is C[C@@H](Sc1nnc(C2CC2)o1)C(=O)N(C)[C@@H]1CCS(=O)(=O)C1. The minimum atomic E-state index is -3.00. The second-order valence-electron chi connectivity index (χ2n) is 5.95. The van der Waals surface area contributed by atoms with E-state index in [0.29, 0.717) is 23.5 Å². The highest BCUT2D eigenvalue weighted by atomic mass is 32.2. The zero-order valence-corrected chi connectivity index (χ0v) is 14.2. The van der Waals surface area contributed by atoms with E-state index in [4.69, 9.17) is 4.42 Å². The third kappa shape index (κ3) is 3.45. The van der Waals surface area contributed by atoms with Gasteiger partial charge in [0.2, 0.25) is 11.8 Å². The van der Waals surface area contributed by atoms with E-state index in [2.05, 4.69) is 10.2 Å². The van der Waals surface area contributed by atoms with Gasteiger partial charge in [-0.3, -0.25) is 4.79 Å². The summed E-state index contributed by atoms with van der Waals surface area (Å²) in [6.45, 7) is 1.77. The lowest BCUT2D eigenvalue weighted by Gasteiger charge is -2.25. The molecule has 0 radical (unpaired) electrons. The Bertz CT molecular complexity index is 669. The summed E-state index contributed by atoms with van der Waals surface area (Å²) >= 11 is 1.22. The first-order valence-electron chi connectivity index (χ1n) is 7.33. The molecule has 22 heavy (non-hydrogen) atoms. The van der Waals surface area contributed by atoms with Crippen LogP contribution in [0.4, 0.5) is 0 Å². The van der Waals surface area contributed by atoms with Gasteiger partial charge in [-0.25, -0.2) is 8.42 Å². The van der Waals surface area contributed by atoms with Crippen LogP contribution in [0.2, 0.25) is 0 Å². The van der Waals surface area contributed by atoms with Crippen LogP contribution in [0, 0.1) is 0 Å². The highest BCUT2D eigenvalue weighted by Crippen LogP contribution is 2.40. The maximum atomic E-state index is 12.4. The van der Waals surface area contributed by atoms with Crippen molar-refractivity contribution >= 4 is 27.5 Å². The lowest BCUT2D eigenvalue weighted by molar-refractivity contribution is -0.130. The summed E-state index contributed by atoms with van der Waals surface area (Å²) in [5.74, 6) is 1.14. The van der Waals surface area contributed by atoms with E-state index in [1.807, 2.05) is 0 Å². The molecule has 122 valence electrons. The number of aromatic nitrogens is 2. The molecule has 1 aliphatic carbocycles. The monoisotopic (exact) mass is 345 g/mol. The third-order valence-corrected chi connectivity index (χ3v) is 6.75. The van der Waals surface area contributed by atoms with Gasteiger partial charge in [-0.2, -0.15) is 0 Å². The normalized spacial score (nSPS) is 25.1. The van der Waals surface area contributed by atoms with E-state index < -0.39 is 9.84 Å². The minimum absolute atomic E-state index is 0.0546. The number of amides is 1. The molecule has 9 heteroatoms. The first kappa shape index (κ1) is 15.8. The summed E-state index contributed by atoms with van der Waals surface area (Å²) < 4.78 is 28.6. The van der Waals surface area contributed by atoms with Gasteiger partial charge in [-0.05, 0) is 26.2 Å². The highest BCUT2D eigenvalue weighted by molar-refractivity contribution is 8.00. The van der Waals surface area contributed by atoms with Crippen LogP contribution < -0.4 is 0 Å². The van der Waals surface area contributed by atoms with Crippen molar-refractivity contribution < 1.29 is 17.6 Å². The minimum Gasteiger partial charge on any atom is -0.416 e. The van der Waals surface area contributed by atoms with Gasteiger partial charge in [0.25, 0.3) is 5.22 Å². The van der Waals surface area contributed by atoms with Crippen molar-refractivity contribution in [3.05, 3.63) is 5.89 Å². The van der Waals surface area contributed by atoms with Crippen LogP contribution in [-0.4, -0.2) is 59.3 Å². The van der Waals surface area contributed by atoms with Gasteiger partial charge in [-0.15, -0.1) is 10.2 Å². The van der Waals surface area contributed by atoms with Crippen molar-refractivity contribution in [2.45, 2.75) is 48.6 Å². The predicted octanol–water partition coefficient (Wildman–Crippen LogP) is 1.07. The van der Waals surface area contributed by atoms with Crippen molar-refractivity contribution in [1.82, 2.24) is 15.1 Å². The quantitative estimate of drug-likeness (QED) is 0.737. The number of hydrogen-bond acceptors (Lipinski definition) is 7. The van der Waals surface area contributed by atoms with Gasteiger partial charge in [0, 0.05) is 19.0 Å². The fraction of sp³-hybridized carbons (Fsp3) is 0.769. The van der Waals surface area contributed by atoms with Crippen molar-refractivity contribution in [3.8, 4) is 0 Å². The number of nitrogens with zero attached hydrogens (tertiary/aromatic N) is 3. The molecule has 2 aliphatic rings. The van der Waals surface area contributed by atoms with Crippen LogP contribution in [0.5, 0.6) is 0 Å². The lowest BCUT2D eigenvalue weighted by atomic mass is 10.2. The molecule has 0 unspecified atom stereocenters. The molecule has 1 saturated carbocycles. The summed E-state index contributed by atoms with van der Waals surface area (Å²) in [4.78, 5) is 14.0. The molecule has 0 N–H and O–H groups in total. The van der Waals surface area contributed by atoms with Crippen molar-refractivity contribution in [2.75, 3.05) is 18.6 Å². The van der Waals surface area contributed by atoms with Crippen LogP contribution in [0.25, 0.3) is 0 Å². The van der Waals surface area contributed by atoms with E-state index in [1.165, 1.54) is 11.8 Å². The van der Waals surface area contributed by atoms with Crippen molar-refractivity contribution in [3.63, 3.8) is 0 Å². The summed E-state index contributed by atoms with van der Waals surface area (Å²) in [5.41, 5.74) is 0. The Morgan fingerprint density at radius 2 is 2.09 bits per heavy atom. The largest absolute Gasteiger partial charge is 0.416 e. The van der Waals surface area contributed by atoms with E-state index in [0.717, 1.165) is 12.8 Å². The van der Waals surface area contributed by atoms with Gasteiger partial charge in [-0.1, -0.05) is 11.8 Å². The second kappa shape index (κ2) is 5.84. The Hall–Kier alpha value is -1.09. The number of sulfone groups is 1. The Kier molecular flexibility index (Phi) is 4.19. The molecule has 0 bridgehead atoms. The molecule has 2 atom stereocenters. The lowest BCUT2D eigenvalue weighted by Crippen LogP contribution is -2.41. The molecule has 1 aromatic heterocycles. The number of rotatable bonds is 5. The van der Waals surface area contributed by atoms with Crippen LogP contribution in [0.3, 0.4) is 0 Å². The van der Waals surface area contributed by atoms with Gasteiger partial charge >= 0.3 is 0 Å². The maximum absolute atomic E-state index is 12.4. The molecule has 2 heterocycles. The second-order valence-corrected chi connectivity index (χ2v) is 9.47. The molecule has 0 spiro atoms. The standard InChI is InChI=1S/C13H19N3O4S2/c1-8(21-13-15-14-11(20-13)9-3-4-9)12(17)16(2)10-5-6-22(18,19)7-10/h8-10H,3-7H2,1-2H3/t8-,10-/m1/s1. The summed E-state index contributed by atoms with van der Waals surface area (Å²) in [6.07, 6.45) is 2.67. The van der Waals surface area contributed by atoms with Gasteiger partial charge < -0.3 is 9.32 Å². The number of thioether (sulfide) groups is 1. The number of hydrogen-bond donors (Lipinski definition) is 0. The zero-order valence-electron chi connectivity index (χ0n) is 12.6. The molecule has 1 aromatic rings. The molecule has 1 amide bonds. The van der Waals surface area contributed by atoms with Gasteiger partial charge in [0.1, 0.15) is 0 Å². The van der Waals surface area contributed by atoms with Crippen LogP contribution in [-0.2, 0) is 14.6 Å². The Morgan fingerprint density at radius 1 is 1.36 bits per heavy atom. The molecule has 1 saturated heterocycles. The molecule has 0 aromatic carbocycles. The summed E-state index contributed by atoms with van der Waals surface area (Å²) in [7, 11) is -1.34. The molecule has 2 fully saturated rings. The van der Waals surface area contributed by atoms with E-state index in [1.54, 1.807) is 18.9 Å². The molecular weight excluding hydrogens is 326 g/mol. The predicted molar refractivity (Wildman–Crippen MR) is 81.4 cm³/mol. The van der Waals surface area contributed by atoms with Gasteiger partial charge in [0.05, 0.1) is 16.8 Å². The average Bonchev–Trinajstić information content (AvgIpc) is 3.11. The first-order chi connectivity index (χ1) is 10.4. The topological polar surface area (TPSA) is 93.4 Å². The highest BCUT2D eigenvalue weighted by Gasteiger charge is 2.35. The van der Waals surface area contributed by atoms with Crippen molar-refractivity contribution in [1.29, 1.82) is 0 Å². The van der Waals surface area contributed by atoms with E-state index >= 15 is 0 Å². The molecule has 1 aliphatic heterocycles. The fourth-order valence-corrected chi connectivity index (χ4v) is 5.08. The Labute approximate surface area is 133 Å². The van der Waals surface area contributed by atoms with Gasteiger partial charge in [0.15, 0.2) is 9.84 Å². The smallest absolute Gasteiger partial charge is 0.277 e. The van der Waals surface area contributed by atoms with Crippen molar-refractivity contribution in [2.24, 2.45) is 0 Å². The van der Waals surface area contributed by atoms with E-state index in [-0.39, 0.29) is 28.7 Å². The van der Waals surface area contributed by atoms with Crippen LogP contribution in [0.15, 0.2) is 9.64 Å². The molecule has 3 rings (SSSR count). The first-order valence-corrected chi connectivity index (χ1v) is 10.0. The molecule has 7 nitrogen and oxygen atoms in total. The Balaban J connectivity index is 1.58. The maximum Gasteiger partial charge on any atom is 0.277 e. The third-order valence-electron chi connectivity index (χ3n) is 4.08. The molecular formula is C13H19N3O4S2. The average molecular weight is 345 g/mol. The van der Waals surface area contributed by atoms with E-state index in [9.17, 15) is 13.2 Å². The fourth-order valence-electron chi connectivity index (χ4n) is 2.51.